The predicted octanol–water partition coefficient (Wildman–Crippen LogP) is 22.2. The van der Waals surface area contributed by atoms with E-state index in [4.69, 9.17) is 0 Å². The summed E-state index contributed by atoms with van der Waals surface area (Å²) in [7, 11) is 0. The van der Waals surface area contributed by atoms with Crippen LogP contribution < -0.4 is 0 Å². The van der Waals surface area contributed by atoms with Crippen LogP contribution in [-0.4, -0.2) is 9.13 Å². The smallest absolute Gasteiger partial charge is 0.309 e. The van der Waals surface area contributed by atoms with Crippen molar-refractivity contribution < 1.29 is 52.7 Å². The summed E-state index contributed by atoms with van der Waals surface area (Å²) < 4.78 is 177. The highest BCUT2D eigenvalue weighted by molar-refractivity contribution is 6.29. The maximum Gasteiger partial charge on any atom is 0.416 e. The van der Waals surface area contributed by atoms with Crippen LogP contribution in [0.4, 0.5) is 52.7 Å². The standard InChI is InChI=1S/C70H36F12N2/c71-67(72,73)39-17-25-61-53(31-39)54-32-40(68(74,75)76)18-26-62(54)83(61)43-22-24-52-59(35-43)65(57-29-37-9-1-3-11-45(37)47-13-5-7-15-49(47)57)51-23-21-44(36-60(51)66(52)58-30-38-10-2-4-12-46(38)48-14-6-8-16-50(48)58)84-63-27-19-41(69(77,78)79)33-55(63)56-34-42(70(80,81)82)20-28-64(56)84/h1-36H. The quantitative estimate of drug-likeness (QED) is 0.0944. The van der Waals surface area contributed by atoms with Gasteiger partial charge in [-0.1, -0.05) is 109 Å². The van der Waals surface area contributed by atoms with E-state index in [-0.39, 0.29) is 43.6 Å². The molecule has 2 heterocycles. The average molecular weight is 1130 g/mol. The SMILES string of the molecule is FC(F)(F)c1ccc2c(c1)c1cc(C(F)(F)F)ccc1n2-c1ccc2c(-c3cc4ccccc4c4ccccc34)c3cc(-n4c5ccc(C(F)(F)F)cc5c5cc(C(F)(F)F)ccc54)ccc3c(-c3cc4ccccc4c4ccccc34)c2c1. The first-order valence-electron chi connectivity index (χ1n) is 26.5. The van der Waals surface area contributed by atoms with Gasteiger partial charge in [0.15, 0.2) is 0 Å². The normalized spacial score (nSPS) is 13.0. The Morgan fingerprint density at radius 2 is 0.500 bits per heavy atom. The second-order valence-electron chi connectivity index (χ2n) is 21.2. The molecule has 13 aromatic carbocycles. The van der Waals surface area contributed by atoms with Gasteiger partial charge in [-0.3, -0.25) is 0 Å². The average Bonchev–Trinajstić information content (AvgIpc) is 2.55. The monoisotopic (exact) mass is 1130 g/mol. The molecule has 0 bridgehead atoms. The number of fused-ring (bicyclic) bond motifs is 14. The lowest BCUT2D eigenvalue weighted by Crippen LogP contribution is -2.04. The number of hydrogen-bond donors (Lipinski definition) is 0. The number of alkyl halides is 12. The Balaban J connectivity index is 1.13. The van der Waals surface area contributed by atoms with Crippen LogP contribution in [0.3, 0.4) is 0 Å². The van der Waals surface area contributed by atoms with Gasteiger partial charge in [-0.15, -0.1) is 0 Å². The van der Waals surface area contributed by atoms with Gasteiger partial charge in [0.05, 0.1) is 44.3 Å². The Morgan fingerprint density at radius 1 is 0.214 bits per heavy atom. The van der Waals surface area contributed by atoms with Crippen molar-refractivity contribution in [3.8, 4) is 33.6 Å². The van der Waals surface area contributed by atoms with E-state index in [0.29, 0.717) is 44.0 Å². The maximum absolute atomic E-state index is 14.5. The van der Waals surface area contributed by atoms with Crippen molar-refractivity contribution in [2.45, 2.75) is 24.7 Å². The van der Waals surface area contributed by atoms with Crippen molar-refractivity contribution in [1.82, 2.24) is 9.13 Å². The zero-order chi connectivity index (χ0) is 57.9. The van der Waals surface area contributed by atoms with E-state index in [0.717, 1.165) is 103 Å². The van der Waals surface area contributed by atoms with Gasteiger partial charge in [0.2, 0.25) is 0 Å². The molecule has 14 heteroatoms. The molecule has 410 valence electrons. The van der Waals surface area contributed by atoms with Crippen LogP contribution in [0.25, 0.3) is 142 Å². The van der Waals surface area contributed by atoms with E-state index in [1.807, 2.05) is 121 Å². The molecule has 2 aromatic heterocycles. The summed E-state index contributed by atoms with van der Waals surface area (Å²) in [6.07, 6.45) is -19.3. The van der Waals surface area contributed by atoms with Gasteiger partial charge in [0.25, 0.3) is 0 Å². The van der Waals surface area contributed by atoms with Gasteiger partial charge >= 0.3 is 24.7 Å². The molecule has 84 heavy (non-hydrogen) atoms. The fraction of sp³-hybridized carbons (Fsp3) is 0.0571. The van der Waals surface area contributed by atoms with Crippen molar-refractivity contribution in [3.05, 3.63) is 241 Å². The minimum Gasteiger partial charge on any atom is -0.309 e. The first-order chi connectivity index (χ1) is 40.2. The molecule has 0 aliphatic heterocycles. The molecule has 0 saturated heterocycles. The van der Waals surface area contributed by atoms with Crippen LogP contribution in [-0.2, 0) is 24.7 Å². The second-order valence-corrected chi connectivity index (χ2v) is 21.2. The summed E-state index contributed by atoms with van der Waals surface area (Å²) >= 11 is 0. The predicted molar refractivity (Wildman–Crippen MR) is 311 cm³/mol. The van der Waals surface area contributed by atoms with Crippen molar-refractivity contribution in [3.63, 3.8) is 0 Å². The lowest BCUT2D eigenvalue weighted by molar-refractivity contribution is -0.138. The Bertz CT molecular complexity index is 4850. The summed E-state index contributed by atoms with van der Waals surface area (Å²) in [6, 6.07) is 59.1. The Morgan fingerprint density at radius 3 is 0.810 bits per heavy atom. The van der Waals surface area contributed by atoms with Gasteiger partial charge in [-0.2, -0.15) is 52.7 Å². The lowest BCUT2D eigenvalue weighted by atomic mass is 9.82. The third-order valence-electron chi connectivity index (χ3n) is 16.5. The van der Waals surface area contributed by atoms with E-state index < -0.39 is 47.0 Å². The number of aromatic nitrogens is 2. The molecule has 0 fully saturated rings. The zero-order valence-electron chi connectivity index (χ0n) is 43.2. The van der Waals surface area contributed by atoms with E-state index in [2.05, 4.69) is 12.1 Å². The molecule has 2 nitrogen and oxygen atoms in total. The summed E-state index contributed by atoms with van der Waals surface area (Å²) in [5.74, 6) is 0. The number of rotatable bonds is 4. The third kappa shape index (κ3) is 7.83. The topological polar surface area (TPSA) is 9.86 Å². The number of nitrogens with zero attached hydrogens (tertiary/aromatic N) is 2. The van der Waals surface area contributed by atoms with Crippen molar-refractivity contribution in [2.24, 2.45) is 0 Å². The third-order valence-corrected chi connectivity index (χ3v) is 16.5. The van der Waals surface area contributed by atoms with E-state index in [1.54, 1.807) is 21.3 Å². The van der Waals surface area contributed by atoms with Gasteiger partial charge in [-0.05, 0) is 196 Å². The first kappa shape index (κ1) is 51.1. The summed E-state index contributed by atoms with van der Waals surface area (Å²) in [5, 5.41) is 9.64. The van der Waals surface area contributed by atoms with Crippen LogP contribution in [0.5, 0.6) is 0 Å². The molecule has 15 aromatic rings. The molecular formula is C70H36F12N2. The molecule has 0 aliphatic rings. The highest BCUT2D eigenvalue weighted by atomic mass is 19.4. The minimum absolute atomic E-state index is 0.0459. The molecule has 0 atom stereocenters. The molecule has 0 spiro atoms. The molecule has 0 amide bonds. The van der Waals surface area contributed by atoms with E-state index in [9.17, 15) is 52.7 Å². The molecule has 15 rings (SSSR count). The van der Waals surface area contributed by atoms with Gasteiger partial charge in [-0.25, -0.2) is 0 Å². The summed E-state index contributed by atoms with van der Waals surface area (Å²) in [6.45, 7) is 0. The van der Waals surface area contributed by atoms with Gasteiger partial charge < -0.3 is 9.13 Å². The molecule has 0 saturated carbocycles. The van der Waals surface area contributed by atoms with Crippen molar-refractivity contribution in [1.29, 1.82) is 0 Å². The van der Waals surface area contributed by atoms with Crippen LogP contribution in [0, 0.1) is 0 Å². The van der Waals surface area contributed by atoms with Gasteiger partial charge in [0.1, 0.15) is 0 Å². The maximum atomic E-state index is 14.5. The number of halogens is 12. The highest BCUT2D eigenvalue weighted by Gasteiger charge is 2.36. The van der Waals surface area contributed by atoms with Gasteiger partial charge in [0, 0.05) is 32.9 Å². The molecule has 0 radical (unpaired) electrons. The van der Waals surface area contributed by atoms with Crippen LogP contribution in [0.2, 0.25) is 0 Å². The van der Waals surface area contributed by atoms with Crippen molar-refractivity contribution >= 4 is 108 Å². The van der Waals surface area contributed by atoms with E-state index >= 15 is 0 Å². The van der Waals surface area contributed by atoms with Crippen molar-refractivity contribution in [2.75, 3.05) is 0 Å². The number of hydrogen-bond acceptors (Lipinski definition) is 0. The summed E-state index contributed by atoms with van der Waals surface area (Å²) in [4.78, 5) is 0. The van der Waals surface area contributed by atoms with Crippen LogP contribution in [0.15, 0.2) is 218 Å². The Hall–Kier alpha value is -9.82. The molecule has 0 N–H and O–H groups in total. The molecular weight excluding hydrogens is 1100 g/mol. The highest BCUT2D eigenvalue weighted by Crippen LogP contribution is 2.51. The Labute approximate surface area is 467 Å². The fourth-order valence-electron chi connectivity index (χ4n) is 12.9. The number of benzene rings is 13. The largest absolute Gasteiger partial charge is 0.416 e. The fourth-order valence-corrected chi connectivity index (χ4v) is 12.9. The second kappa shape index (κ2) is 17.8. The zero-order valence-corrected chi connectivity index (χ0v) is 43.2. The van der Waals surface area contributed by atoms with Crippen LogP contribution >= 0.6 is 0 Å². The summed E-state index contributed by atoms with van der Waals surface area (Å²) in [5.41, 5.74) is 0.480. The molecule has 0 aliphatic carbocycles. The van der Waals surface area contributed by atoms with Crippen LogP contribution in [0.1, 0.15) is 22.3 Å². The minimum atomic E-state index is -4.82. The lowest BCUT2D eigenvalue weighted by Gasteiger charge is -2.23. The van der Waals surface area contributed by atoms with E-state index in [1.165, 1.54) is 24.3 Å². The first-order valence-corrected chi connectivity index (χ1v) is 26.5. The Kier molecular flexibility index (Phi) is 10.9. The molecule has 0 unspecified atom stereocenters.